The fraction of sp³-hybridized carbons (Fsp3) is 0.364. The molecule has 84 valence electrons. The highest BCUT2D eigenvalue weighted by atomic mass is 32.1. The minimum absolute atomic E-state index is 0.279. The third-order valence-corrected chi connectivity index (χ3v) is 2.92. The Morgan fingerprint density at radius 3 is 3.00 bits per heavy atom. The highest BCUT2D eigenvalue weighted by Gasteiger charge is 2.19. The molecule has 0 N–H and O–H groups in total. The molecule has 0 unspecified atom stereocenters. The van der Waals surface area contributed by atoms with Crippen LogP contribution in [0.25, 0.3) is 0 Å². The van der Waals surface area contributed by atoms with Gasteiger partial charge in [-0.3, -0.25) is 0 Å². The van der Waals surface area contributed by atoms with Crippen LogP contribution in [0.5, 0.6) is 0 Å². The lowest BCUT2D eigenvalue weighted by Gasteiger charge is -2.03. The van der Waals surface area contributed by atoms with Crippen LogP contribution in [0.1, 0.15) is 16.7 Å². The van der Waals surface area contributed by atoms with E-state index in [9.17, 15) is 4.79 Å². The first-order valence-corrected chi connectivity index (χ1v) is 5.59. The predicted molar refractivity (Wildman–Crippen MR) is 57.9 cm³/mol. The largest absolute Gasteiger partial charge is 0.459 e. The number of esters is 1. The van der Waals surface area contributed by atoms with Crippen LogP contribution < -0.4 is 0 Å². The molecule has 1 aromatic heterocycles. The lowest BCUT2D eigenvalue weighted by Crippen LogP contribution is -1.94. The number of ether oxygens (including phenoxy) is 3. The average molecular weight is 238 g/mol. The number of rotatable bonds is 1. The van der Waals surface area contributed by atoms with Gasteiger partial charge in [-0.2, -0.15) is 0 Å². The molecule has 1 aliphatic rings. The lowest BCUT2D eigenvalue weighted by atomic mass is 10.3. The third kappa shape index (κ3) is 2.61. The molecule has 1 fully saturated rings. The molecule has 0 spiro atoms. The van der Waals surface area contributed by atoms with Gasteiger partial charge in [-0.05, 0) is 6.07 Å². The van der Waals surface area contributed by atoms with E-state index in [4.69, 9.17) is 9.47 Å². The summed E-state index contributed by atoms with van der Waals surface area (Å²) >= 11 is 1.50. The van der Waals surface area contributed by atoms with Gasteiger partial charge in [0.25, 0.3) is 0 Å². The van der Waals surface area contributed by atoms with Crippen LogP contribution in [0.4, 0.5) is 0 Å². The third-order valence-electron chi connectivity index (χ3n) is 1.97. The van der Waals surface area contributed by atoms with Crippen LogP contribution in [0, 0.1) is 11.8 Å². The van der Waals surface area contributed by atoms with Crippen molar-refractivity contribution in [1.82, 2.24) is 0 Å². The van der Waals surface area contributed by atoms with Crippen molar-refractivity contribution >= 4 is 17.3 Å². The summed E-state index contributed by atoms with van der Waals surface area (Å²) in [5, 5.41) is 1.86. The van der Waals surface area contributed by atoms with E-state index in [-0.39, 0.29) is 6.29 Å². The molecular weight excluding hydrogens is 228 g/mol. The van der Waals surface area contributed by atoms with Crippen molar-refractivity contribution in [3.63, 3.8) is 0 Å². The van der Waals surface area contributed by atoms with Gasteiger partial charge < -0.3 is 14.2 Å². The fourth-order valence-corrected chi connectivity index (χ4v) is 2.07. The molecule has 1 aliphatic heterocycles. The molecule has 16 heavy (non-hydrogen) atoms. The minimum atomic E-state index is -0.541. The summed E-state index contributed by atoms with van der Waals surface area (Å²) < 4.78 is 15.1. The van der Waals surface area contributed by atoms with E-state index in [0.29, 0.717) is 13.2 Å². The van der Waals surface area contributed by atoms with E-state index < -0.39 is 5.97 Å². The van der Waals surface area contributed by atoms with Crippen LogP contribution in [-0.4, -0.2) is 26.3 Å². The number of carbonyl (C=O) groups is 1. The number of thiophene rings is 1. The van der Waals surface area contributed by atoms with E-state index in [1.165, 1.54) is 18.4 Å². The van der Waals surface area contributed by atoms with Crippen LogP contribution in [0.15, 0.2) is 11.4 Å². The molecule has 0 aromatic carbocycles. The second-order valence-corrected chi connectivity index (χ2v) is 4.00. The first-order valence-electron chi connectivity index (χ1n) is 4.71. The Balaban J connectivity index is 2.06. The summed E-state index contributed by atoms with van der Waals surface area (Å²) in [6.07, 6.45) is -0.279. The standard InChI is InChI=1S/C11H10O4S/c1-13-10(12)3-2-8-6-9(16-7-8)11-14-4-5-15-11/h6-7,11H,4-5H2,1H3. The predicted octanol–water partition coefficient (Wildman–Crippen LogP) is 1.32. The van der Waals surface area contributed by atoms with Gasteiger partial charge in [-0.25, -0.2) is 4.79 Å². The van der Waals surface area contributed by atoms with Crippen molar-refractivity contribution in [2.24, 2.45) is 0 Å². The van der Waals surface area contributed by atoms with Gasteiger partial charge in [0.15, 0.2) is 6.29 Å². The summed E-state index contributed by atoms with van der Waals surface area (Å²) in [5.74, 6) is 4.54. The maximum Gasteiger partial charge on any atom is 0.384 e. The quantitative estimate of drug-likeness (QED) is 0.546. The molecule has 0 amide bonds. The lowest BCUT2D eigenvalue weighted by molar-refractivity contribution is -0.133. The number of hydrogen-bond acceptors (Lipinski definition) is 5. The Morgan fingerprint density at radius 2 is 2.31 bits per heavy atom. The van der Waals surface area contributed by atoms with Gasteiger partial charge in [-0.1, -0.05) is 5.92 Å². The SMILES string of the molecule is COC(=O)C#Cc1csc(C2OCCO2)c1. The van der Waals surface area contributed by atoms with Gasteiger partial charge in [0.2, 0.25) is 0 Å². The summed E-state index contributed by atoms with van der Waals surface area (Å²) in [6.45, 7) is 1.23. The van der Waals surface area contributed by atoms with Gasteiger partial charge in [0.05, 0.1) is 25.2 Å². The normalized spacial score (nSPS) is 15.6. The monoisotopic (exact) mass is 238 g/mol. The zero-order valence-corrected chi connectivity index (χ0v) is 9.50. The molecule has 0 saturated carbocycles. The van der Waals surface area contributed by atoms with E-state index in [1.54, 1.807) is 0 Å². The number of methoxy groups -OCH3 is 1. The van der Waals surface area contributed by atoms with Crippen molar-refractivity contribution in [3.05, 3.63) is 21.9 Å². The summed E-state index contributed by atoms with van der Waals surface area (Å²) in [4.78, 5) is 11.8. The van der Waals surface area contributed by atoms with Gasteiger partial charge in [-0.15, -0.1) is 11.3 Å². The van der Waals surface area contributed by atoms with Crippen LogP contribution in [0.2, 0.25) is 0 Å². The molecule has 0 atom stereocenters. The van der Waals surface area contributed by atoms with Crippen LogP contribution >= 0.6 is 11.3 Å². The highest BCUT2D eigenvalue weighted by molar-refractivity contribution is 7.10. The number of carbonyl (C=O) groups excluding carboxylic acids is 1. The highest BCUT2D eigenvalue weighted by Crippen LogP contribution is 2.28. The van der Waals surface area contributed by atoms with E-state index >= 15 is 0 Å². The molecule has 1 saturated heterocycles. The van der Waals surface area contributed by atoms with Crippen molar-refractivity contribution in [2.75, 3.05) is 20.3 Å². The Labute approximate surface area is 97.1 Å². The summed E-state index contributed by atoms with van der Waals surface area (Å²) in [5.41, 5.74) is 0.768. The average Bonchev–Trinajstić information content (AvgIpc) is 2.95. The van der Waals surface area contributed by atoms with Gasteiger partial charge in [0, 0.05) is 16.9 Å². The molecule has 0 bridgehead atoms. The Kier molecular flexibility index (Phi) is 3.57. The van der Waals surface area contributed by atoms with Crippen molar-refractivity contribution < 1.29 is 19.0 Å². The van der Waals surface area contributed by atoms with Gasteiger partial charge >= 0.3 is 5.97 Å². The van der Waals surface area contributed by atoms with Crippen LogP contribution in [0.3, 0.4) is 0 Å². The maximum absolute atomic E-state index is 10.8. The summed E-state index contributed by atoms with van der Waals surface area (Å²) in [7, 11) is 1.30. The van der Waals surface area contributed by atoms with E-state index in [0.717, 1.165) is 10.4 Å². The Morgan fingerprint density at radius 1 is 1.56 bits per heavy atom. The van der Waals surface area contributed by atoms with E-state index in [2.05, 4.69) is 16.6 Å². The van der Waals surface area contributed by atoms with E-state index in [1.807, 2.05) is 11.4 Å². The minimum Gasteiger partial charge on any atom is -0.459 e. The second-order valence-electron chi connectivity index (χ2n) is 3.05. The first kappa shape index (κ1) is 11.1. The Bertz CT molecular complexity index is 434. The molecule has 1 aromatic rings. The smallest absolute Gasteiger partial charge is 0.384 e. The first-order chi connectivity index (χ1) is 7.79. The van der Waals surface area contributed by atoms with Crippen molar-refractivity contribution in [3.8, 4) is 11.8 Å². The number of hydrogen-bond donors (Lipinski definition) is 0. The molecule has 4 nitrogen and oxygen atoms in total. The fourth-order valence-electron chi connectivity index (χ4n) is 1.24. The van der Waals surface area contributed by atoms with Crippen molar-refractivity contribution in [2.45, 2.75) is 6.29 Å². The zero-order valence-electron chi connectivity index (χ0n) is 8.69. The zero-order chi connectivity index (χ0) is 11.4. The molecule has 2 heterocycles. The van der Waals surface area contributed by atoms with Crippen molar-refractivity contribution in [1.29, 1.82) is 0 Å². The molecule has 0 radical (unpaired) electrons. The second kappa shape index (κ2) is 5.12. The van der Waals surface area contributed by atoms with Gasteiger partial charge in [0.1, 0.15) is 0 Å². The molecular formula is C11H10O4S. The topological polar surface area (TPSA) is 44.8 Å². The summed E-state index contributed by atoms with van der Waals surface area (Å²) in [6, 6.07) is 1.86. The molecule has 5 heteroatoms. The molecule has 0 aliphatic carbocycles. The van der Waals surface area contributed by atoms with Crippen LogP contribution in [-0.2, 0) is 19.0 Å². The molecule has 2 rings (SSSR count). The maximum atomic E-state index is 10.8. The Hall–Kier alpha value is -1.35.